The first-order valence-corrected chi connectivity index (χ1v) is 4.77. The maximum Gasteiger partial charge on any atom is 0.495 e. The van der Waals surface area contributed by atoms with Gasteiger partial charge in [-0.1, -0.05) is 12.1 Å². The van der Waals surface area contributed by atoms with Gasteiger partial charge in [-0.15, -0.1) is 0 Å². The number of rotatable bonds is 2. The number of hydrogen-bond acceptors (Lipinski definition) is 5. The van der Waals surface area contributed by atoms with Gasteiger partial charge < -0.3 is 24.9 Å². The molecule has 0 aromatic heterocycles. The van der Waals surface area contributed by atoms with Crippen molar-refractivity contribution in [3.8, 4) is 5.75 Å². The van der Waals surface area contributed by atoms with Crippen LogP contribution < -0.4 is 15.9 Å². The van der Waals surface area contributed by atoms with E-state index in [2.05, 4.69) is 0 Å². The Labute approximate surface area is 94.3 Å². The molecule has 86 valence electrons. The molecule has 0 spiro atoms. The highest BCUT2D eigenvalue weighted by atomic mass is 16.5. The predicted molar refractivity (Wildman–Crippen MR) is 60.6 cm³/mol. The monoisotopic (exact) mass is 223 g/mol. The smallest absolute Gasteiger partial charge is 0.495 e. The number of fused-ring (bicyclic) bond motifs is 1. The first-order valence-electron chi connectivity index (χ1n) is 4.77. The van der Waals surface area contributed by atoms with Crippen molar-refractivity contribution in [3.05, 3.63) is 23.8 Å². The van der Waals surface area contributed by atoms with Gasteiger partial charge >= 0.3 is 7.12 Å². The highest BCUT2D eigenvalue weighted by molar-refractivity contribution is 6.62. The van der Waals surface area contributed by atoms with Crippen molar-refractivity contribution in [2.75, 3.05) is 13.7 Å². The Morgan fingerprint density at radius 2 is 2.31 bits per heavy atom. The van der Waals surface area contributed by atoms with Crippen LogP contribution >= 0.6 is 0 Å². The highest BCUT2D eigenvalue weighted by Crippen LogP contribution is 2.26. The summed E-state index contributed by atoms with van der Waals surface area (Å²) in [5.41, 5.74) is 7.14. The third-order valence-electron chi connectivity index (χ3n) is 2.42. The fourth-order valence-electron chi connectivity index (χ4n) is 1.76. The molecule has 6 heteroatoms. The normalized spacial score (nSPS) is 17.4. The number of carbonyl (C=O) groups is 1. The van der Waals surface area contributed by atoms with Crippen LogP contribution in [0.2, 0.25) is 0 Å². The Balaban J connectivity index is 0.000000606. The van der Waals surface area contributed by atoms with Crippen molar-refractivity contribution in [3.63, 3.8) is 0 Å². The second-order valence-electron chi connectivity index (χ2n) is 3.18. The molecule has 1 heterocycles. The lowest BCUT2D eigenvalue weighted by Crippen LogP contribution is -2.29. The van der Waals surface area contributed by atoms with Crippen LogP contribution in [0.3, 0.4) is 0 Å². The Morgan fingerprint density at radius 3 is 2.88 bits per heavy atom. The Hall–Kier alpha value is -1.37. The SMILES string of the molecule is C=O.COc1cccc2c1B(O)OC2CN. The van der Waals surface area contributed by atoms with Gasteiger partial charge in [0.25, 0.3) is 0 Å². The van der Waals surface area contributed by atoms with Gasteiger partial charge in [-0.2, -0.15) is 0 Å². The Morgan fingerprint density at radius 1 is 1.62 bits per heavy atom. The van der Waals surface area contributed by atoms with Gasteiger partial charge in [-0.25, -0.2) is 0 Å². The summed E-state index contributed by atoms with van der Waals surface area (Å²) in [4.78, 5) is 8.00. The maximum atomic E-state index is 9.64. The van der Waals surface area contributed by atoms with Crippen molar-refractivity contribution >= 4 is 19.4 Å². The molecule has 2 rings (SSSR count). The number of carbonyl (C=O) groups excluding carboxylic acids is 1. The molecule has 0 radical (unpaired) electrons. The van der Waals surface area contributed by atoms with Crippen LogP contribution in [0.15, 0.2) is 18.2 Å². The van der Waals surface area contributed by atoms with Crippen LogP contribution in [0.4, 0.5) is 0 Å². The van der Waals surface area contributed by atoms with Gasteiger partial charge in [0.15, 0.2) is 0 Å². The molecule has 3 N–H and O–H groups in total. The average molecular weight is 223 g/mol. The van der Waals surface area contributed by atoms with E-state index in [1.165, 1.54) is 0 Å². The molecule has 0 saturated heterocycles. The molecule has 0 amide bonds. The zero-order chi connectivity index (χ0) is 12.1. The largest absolute Gasteiger partial charge is 0.497 e. The fourth-order valence-corrected chi connectivity index (χ4v) is 1.76. The summed E-state index contributed by atoms with van der Waals surface area (Å²) < 4.78 is 10.4. The topological polar surface area (TPSA) is 81.8 Å². The molecule has 1 aromatic rings. The molecule has 5 nitrogen and oxygen atoms in total. The Kier molecular flexibility index (Phi) is 4.48. The number of ether oxygens (including phenoxy) is 1. The minimum Gasteiger partial charge on any atom is -0.497 e. The first kappa shape index (κ1) is 12.7. The van der Waals surface area contributed by atoms with E-state index in [1.807, 2.05) is 18.9 Å². The summed E-state index contributed by atoms with van der Waals surface area (Å²) in [7, 11) is 0.646. The van der Waals surface area contributed by atoms with Crippen LogP contribution in [0.1, 0.15) is 11.7 Å². The minimum atomic E-state index is -0.922. The van der Waals surface area contributed by atoms with Crippen LogP contribution in [-0.2, 0) is 9.45 Å². The molecular weight excluding hydrogens is 209 g/mol. The lowest BCUT2D eigenvalue weighted by Gasteiger charge is -2.08. The molecule has 1 aromatic carbocycles. The van der Waals surface area contributed by atoms with Crippen LogP contribution in [0.25, 0.3) is 0 Å². The van der Waals surface area contributed by atoms with Crippen LogP contribution in [0, 0.1) is 0 Å². The summed E-state index contributed by atoms with van der Waals surface area (Å²) >= 11 is 0. The number of hydrogen-bond donors (Lipinski definition) is 2. The van der Waals surface area contributed by atoms with E-state index < -0.39 is 7.12 Å². The molecule has 1 aliphatic heterocycles. The average Bonchev–Trinajstić information content (AvgIpc) is 2.69. The van der Waals surface area contributed by atoms with E-state index in [1.54, 1.807) is 13.2 Å². The van der Waals surface area contributed by atoms with E-state index in [4.69, 9.17) is 19.9 Å². The predicted octanol–water partition coefficient (Wildman–Crippen LogP) is -0.772. The van der Waals surface area contributed by atoms with E-state index in [9.17, 15) is 5.02 Å². The van der Waals surface area contributed by atoms with E-state index in [0.717, 1.165) is 5.56 Å². The molecule has 0 aliphatic carbocycles. The quantitative estimate of drug-likeness (QED) is 0.643. The standard InChI is InChI=1S/C9H12BNO3.CH2O/c1-13-7-4-2-3-6-8(5-11)14-10(12)9(6)7;1-2/h2-4,8,12H,5,11H2,1H3;1H2. The molecule has 0 saturated carbocycles. The van der Waals surface area contributed by atoms with Crippen molar-refractivity contribution < 1.29 is 19.2 Å². The number of benzene rings is 1. The number of nitrogens with two attached hydrogens (primary N) is 1. The summed E-state index contributed by atoms with van der Waals surface area (Å²) in [6.07, 6.45) is -0.227. The van der Waals surface area contributed by atoms with Crippen LogP contribution in [-0.4, -0.2) is 32.6 Å². The third-order valence-corrected chi connectivity index (χ3v) is 2.42. The van der Waals surface area contributed by atoms with E-state index >= 15 is 0 Å². The van der Waals surface area contributed by atoms with Crippen molar-refractivity contribution in [2.24, 2.45) is 5.73 Å². The summed E-state index contributed by atoms with van der Waals surface area (Å²) in [5.74, 6) is 0.644. The van der Waals surface area contributed by atoms with E-state index in [0.29, 0.717) is 17.8 Å². The zero-order valence-corrected chi connectivity index (χ0v) is 9.05. The van der Waals surface area contributed by atoms with Crippen molar-refractivity contribution in [1.29, 1.82) is 0 Å². The molecule has 1 atom stereocenters. The van der Waals surface area contributed by atoms with Crippen molar-refractivity contribution in [1.82, 2.24) is 0 Å². The second-order valence-corrected chi connectivity index (χ2v) is 3.18. The van der Waals surface area contributed by atoms with Crippen molar-refractivity contribution in [2.45, 2.75) is 6.10 Å². The molecule has 0 fully saturated rings. The maximum absolute atomic E-state index is 9.64. The van der Waals surface area contributed by atoms with Crippen LogP contribution in [0.5, 0.6) is 5.75 Å². The summed E-state index contributed by atoms with van der Waals surface area (Å²) in [6.45, 7) is 2.36. The fraction of sp³-hybridized carbons (Fsp3) is 0.300. The first-order chi connectivity index (χ1) is 7.77. The lowest BCUT2D eigenvalue weighted by atomic mass is 9.78. The summed E-state index contributed by atoms with van der Waals surface area (Å²) in [5, 5.41) is 9.64. The lowest BCUT2D eigenvalue weighted by molar-refractivity contribution is -0.0979. The number of methoxy groups -OCH3 is 1. The van der Waals surface area contributed by atoms with Gasteiger partial charge in [0.1, 0.15) is 12.5 Å². The second kappa shape index (κ2) is 5.65. The summed E-state index contributed by atoms with van der Waals surface area (Å²) in [6, 6.07) is 5.55. The zero-order valence-electron chi connectivity index (χ0n) is 9.05. The Bertz CT molecular complexity index is 361. The minimum absolute atomic E-state index is 0.227. The van der Waals surface area contributed by atoms with E-state index in [-0.39, 0.29) is 6.10 Å². The van der Waals surface area contributed by atoms with Gasteiger partial charge in [-0.3, -0.25) is 0 Å². The molecular formula is C10H14BNO4. The molecule has 1 unspecified atom stereocenters. The third kappa shape index (κ3) is 2.09. The van der Waals surface area contributed by atoms with Gasteiger partial charge in [-0.05, 0) is 11.6 Å². The van der Waals surface area contributed by atoms with Gasteiger partial charge in [0.05, 0.1) is 13.2 Å². The molecule has 1 aliphatic rings. The highest BCUT2D eigenvalue weighted by Gasteiger charge is 2.36. The molecule has 16 heavy (non-hydrogen) atoms. The molecule has 0 bridgehead atoms. The van der Waals surface area contributed by atoms with Gasteiger partial charge in [0.2, 0.25) is 0 Å². The van der Waals surface area contributed by atoms with Gasteiger partial charge in [0, 0.05) is 12.0 Å².